The summed E-state index contributed by atoms with van der Waals surface area (Å²) in [7, 11) is 0. The van der Waals surface area contributed by atoms with E-state index < -0.39 is 6.10 Å². The summed E-state index contributed by atoms with van der Waals surface area (Å²) in [6, 6.07) is 17.1. The van der Waals surface area contributed by atoms with Gasteiger partial charge in [0.2, 0.25) is 0 Å². The molecule has 0 fully saturated rings. The maximum atomic E-state index is 10.0. The van der Waals surface area contributed by atoms with Gasteiger partial charge in [-0.05, 0) is 55.0 Å². The highest BCUT2D eigenvalue weighted by atomic mass is 16.5. The van der Waals surface area contributed by atoms with Crippen molar-refractivity contribution in [1.82, 2.24) is 0 Å². The minimum atomic E-state index is -0.647. The van der Waals surface area contributed by atoms with Gasteiger partial charge in [-0.15, -0.1) is 0 Å². The molecular weight excluding hydrogens is 408 g/mol. The summed E-state index contributed by atoms with van der Waals surface area (Å²) in [5.41, 5.74) is 3.65. The average molecular weight is 459 g/mol. The number of hydrogen-bond acceptors (Lipinski definition) is 3. The van der Waals surface area contributed by atoms with E-state index in [4.69, 9.17) is 9.47 Å². The van der Waals surface area contributed by atoms with E-state index in [9.17, 15) is 5.11 Å². The van der Waals surface area contributed by atoms with Crippen LogP contribution in [0.4, 0.5) is 0 Å². The molecule has 0 aliphatic carbocycles. The summed E-state index contributed by atoms with van der Waals surface area (Å²) in [6.45, 7) is 25.6. The van der Waals surface area contributed by atoms with Crippen molar-refractivity contribution >= 4 is 0 Å². The van der Waals surface area contributed by atoms with Gasteiger partial charge in [0, 0.05) is 5.41 Å². The zero-order chi connectivity index (χ0) is 25.9. The van der Waals surface area contributed by atoms with Crippen LogP contribution < -0.4 is 4.74 Å². The molecule has 0 saturated carbocycles. The van der Waals surface area contributed by atoms with Crippen LogP contribution in [0.2, 0.25) is 0 Å². The second-order valence-corrected chi connectivity index (χ2v) is 10.4. The quantitative estimate of drug-likeness (QED) is 0.458. The van der Waals surface area contributed by atoms with Crippen LogP contribution in [0.15, 0.2) is 48.5 Å². The van der Waals surface area contributed by atoms with Gasteiger partial charge < -0.3 is 14.6 Å². The van der Waals surface area contributed by atoms with Crippen LogP contribution in [0.3, 0.4) is 0 Å². The molecule has 0 radical (unpaired) electrons. The van der Waals surface area contributed by atoms with E-state index in [2.05, 4.69) is 71.0 Å². The number of ether oxygens (including phenoxy) is 2. The SMILES string of the molecule is CC.CC.CC(C)(C)OCC(O)COc1ccc(C(C)(C)c2ccc(C(C)(C)C)cc2)cc1. The molecule has 188 valence electrons. The van der Waals surface area contributed by atoms with Crippen molar-refractivity contribution in [3.05, 3.63) is 65.2 Å². The zero-order valence-corrected chi connectivity index (χ0v) is 23.4. The lowest BCUT2D eigenvalue weighted by molar-refractivity contribution is -0.0586. The van der Waals surface area contributed by atoms with E-state index in [1.54, 1.807) is 0 Å². The maximum absolute atomic E-state index is 10.0. The molecule has 2 aromatic carbocycles. The Morgan fingerprint density at radius 2 is 1.03 bits per heavy atom. The summed E-state index contributed by atoms with van der Waals surface area (Å²) >= 11 is 0. The summed E-state index contributed by atoms with van der Waals surface area (Å²) in [5.74, 6) is 0.752. The van der Waals surface area contributed by atoms with E-state index >= 15 is 0 Å². The molecule has 3 heteroatoms. The normalized spacial score (nSPS) is 12.6. The van der Waals surface area contributed by atoms with Crippen molar-refractivity contribution in [2.45, 2.75) is 106 Å². The molecule has 1 atom stereocenters. The van der Waals surface area contributed by atoms with Crippen molar-refractivity contribution < 1.29 is 14.6 Å². The fourth-order valence-corrected chi connectivity index (χ4v) is 3.11. The highest BCUT2D eigenvalue weighted by Crippen LogP contribution is 2.34. The van der Waals surface area contributed by atoms with E-state index in [1.807, 2.05) is 60.6 Å². The fraction of sp³-hybridized carbons (Fsp3) is 0.600. The van der Waals surface area contributed by atoms with Crippen LogP contribution in [-0.4, -0.2) is 30.0 Å². The second kappa shape index (κ2) is 13.8. The Labute approximate surface area is 204 Å². The number of aliphatic hydroxyl groups excluding tert-OH is 1. The number of hydrogen-bond donors (Lipinski definition) is 1. The van der Waals surface area contributed by atoms with E-state index in [1.165, 1.54) is 16.7 Å². The smallest absolute Gasteiger partial charge is 0.119 e. The molecule has 0 spiro atoms. The summed E-state index contributed by atoms with van der Waals surface area (Å²) in [5, 5.41) is 10.0. The summed E-state index contributed by atoms with van der Waals surface area (Å²) in [6.07, 6.45) is -0.647. The molecule has 0 amide bonds. The molecule has 0 aliphatic heterocycles. The predicted octanol–water partition coefficient (Wildman–Crippen LogP) is 7.92. The lowest BCUT2D eigenvalue weighted by Gasteiger charge is -2.28. The zero-order valence-electron chi connectivity index (χ0n) is 23.4. The molecular formula is C30H50O3. The molecule has 1 N–H and O–H groups in total. The standard InChI is InChI=1S/C26H38O3.2C2H6/c1-24(2,3)19-9-11-20(12-10-19)26(7,8)21-13-15-23(16-14-21)28-17-22(27)18-29-25(4,5)6;2*1-2/h9-16,22,27H,17-18H2,1-8H3;2*1-2H3. The maximum Gasteiger partial charge on any atom is 0.119 e. The lowest BCUT2D eigenvalue weighted by Crippen LogP contribution is -2.29. The van der Waals surface area contributed by atoms with Gasteiger partial charge >= 0.3 is 0 Å². The Hall–Kier alpha value is -1.84. The first kappa shape index (κ1) is 31.2. The third-order valence-corrected chi connectivity index (χ3v) is 5.20. The average Bonchev–Trinajstić information content (AvgIpc) is 2.78. The third kappa shape index (κ3) is 10.8. The minimum Gasteiger partial charge on any atom is -0.491 e. The Morgan fingerprint density at radius 1 is 0.636 bits per heavy atom. The van der Waals surface area contributed by atoms with Crippen molar-refractivity contribution in [3.8, 4) is 5.75 Å². The molecule has 2 aromatic rings. The summed E-state index contributed by atoms with van der Waals surface area (Å²) in [4.78, 5) is 0. The fourth-order valence-electron chi connectivity index (χ4n) is 3.11. The molecule has 3 nitrogen and oxygen atoms in total. The van der Waals surface area contributed by atoms with Gasteiger partial charge in [-0.25, -0.2) is 0 Å². The van der Waals surface area contributed by atoms with Crippen molar-refractivity contribution in [2.75, 3.05) is 13.2 Å². The van der Waals surface area contributed by atoms with Crippen LogP contribution >= 0.6 is 0 Å². The van der Waals surface area contributed by atoms with Crippen LogP contribution in [0.25, 0.3) is 0 Å². The van der Waals surface area contributed by atoms with Gasteiger partial charge in [-0.2, -0.15) is 0 Å². The molecule has 0 aromatic heterocycles. The highest BCUT2D eigenvalue weighted by molar-refractivity contribution is 5.41. The molecule has 0 saturated heterocycles. The summed E-state index contributed by atoms with van der Waals surface area (Å²) < 4.78 is 11.3. The first-order valence-corrected chi connectivity index (χ1v) is 12.5. The lowest BCUT2D eigenvalue weighted by atomic mass is 9.77. The van der Waals surface area contributed by atoms with Gasteiger partial charge in [-0.1, -0.05) is 98.7 Å². The van der Waals surface area contributed by atoms with Gasteiger partial charge in [0.25, 0.3) is 0 Å². The first-order valence-electron chi connectivity index (χ1n) is 12.5. The third-order valence-electron chi connectivity index (χ3n) is 5.20. The van der Waals surface area contributed by atoms with Crippen molar-refractivity contribution in [3.63, 3.8) is 0 Å². The Morgan fingerprint density at radius 3 is 1.42 bits per heavy atom. The Kier molecular flexibility index (Phi) is 13.0. The monoisotopic (exact) mass is 458 g/mol. The molecule has 0 heterocycles. The molecule has 33 heavy (non-hydrogen) atoms. The number of benzene rings is 2. The molecule has 1 unspecified atom stereocenters. The molecule has 0 bridgehead atoms. The predicted molar refractivity (Wildman–Crippen MR) is 144 cm³/mol. The molecule has 0 aliphatic rings. The van der Waals surface area contributed by atoms with Gasteiger partial charge in [-0.3, -0.25) is 0 Å². The van der Waals surface area contributed by atoms with E-state index in [-0.39, 0.29) is 29.6 Å². The highest BCUT2D eigenvalue weighted by Gasteiger charge is 2.24. The van der Waals surface area contributed by atoms with Gasteiger partial charge in [0.15, 0.2) is 0 Å². The Balaban J connectivity index is 0.00000242. The topological polar surface area (TPSA) is 38.7 Å². The number of aliphatic hydroxyl groups is 1. The van der Waals surface area contributed by atoms with Gasteiger partial charge in [0.1, 0.15) is 18.5 Å². The van der Waals surface area contributed by atoms with Crippen LogP contribution in [0, 0.1) is 0 Å². The van der Waals surface area contributed by atoms with Gasteiger partial charge in [0.05, 0.1) is 12.2 Å². The van der Waals surface area contributed by atoms with Crippen LogP contribution in [0.5, 0.6) is 5.75 Å². The largest absolute Gasteiger partial charge is 0.491 e. The molecule has 2 rings (SSSR count). The van der Waals surface area contributed by atoms with E-state index in [0.717, 1.165) is 5.75 Å². The number of rotatable bonds is 7. The van der Waals surface area contributed by atoms with Crippen LogP contribution in [0.1, 0.15) is 99.8 Å². The van der Waals surface area contributed by atoms with Crippen molar-refractivity contribution in [1.29, 1.82) is 0 Å². The second-order valence-electron chi connectivity index (χ2n) is 10.4. The first-order chi connectivity index (χ1) is 15.3. The van der Waals surface area contributed by atoms with Crippen molar-refractivity contribution in [2.24, 2.45) is 0 Å². The Bertz CT molecular complexity index is 760. The minimum absolute atomic E-state index is 0.102. The van der Waals surface area contributed by atoms with Crippen LogP contribution in [-0.2, 0) is 15.6 Å². The van der Waals surface area contributed by atoms with E-state index in [0.29, 0.717) is 0 Å².